The zero-order valence-corrected chi connectivity index (χ0v) is 29.9. The molecule has 270 valence electrons. The summed E-state index contributed by atoms with van der Waals surface area (Å²) < 4.78 is 26.0. The average Bonchev–Trinajstić information content (AvgIpc) is 3.65. The van der Waals surface area contributed by atoms with Crippen molar-refractivity contribution in [3.8, 4) is 11.5 Å². The second-order valence-corrected chi connectivity index (χ2v) is 13.6. The molecule has 0 spiro atoms. The van der Waals surface area contributed by atoms with Crippen LogP contribution in [0, 0.1) is 6.92 Å². The van der Waals surface area contributed by atoms with Gasteiger partial charge in [0.1, 0.15) is 43.9 Å². The summed E-state index contributed by atoms with van der Waals surface area (Å²) in [6.07, 6.45) is 4.52. The highest BCUT2D eigenvalue weighted by Gasteiger charge is 2.18. The fraction of sp³-hybridized carbons (Fsp3) is 0.357. The van der Waals surface area contributed by atoms with Crippen LogP contribution in [0.3, 0.4) is 0 Å². The highest BCUT2D eigenvalue weighted by atomic mass is 16.5. The zero-order valence-electron chi connectivity index (χ0n) is 29.9. The molecule has 0 N–H and O–H groups in total. The van der Waals surface area contributed by atoms with Crippen molar-refractivity contribution in [1.82, 2.24) is 24.6 Å². The van der Waals surface area contributed by atoms with E-state index in [-0.39, 0.29) is 12.5 Å². The summed E-state index contributed by atoms with van der Waals surface area (Å²) in [5, 5.41) is 4.11. The summed E-state index contributed by atoms with van der Waals surface area (Å²) in [5.74, 6) is 1.77. The normalized spacial score (nSPS) is 16.3. The minimum atomic E-state index is -0.0310. The lowest BCUT2D eigenvalue weighted by atomic mass is 9.99. The Morgan fingerprint density at radius 3 is 2.06 bits per heavy atom. The van der Waals surface area contributed by atoms with Crippen LogP contribution < -0.4 is 9.47 Å². The minimum Gasteiger partial charge on any atom is -0.491 e. The maximum Gasteiger partial charge on any atom is 0.244 e. The molecular formula is C42H47N5O5. The van der Waals surface area contributed by atoms with E-state index in [2.05, 4.69) is 107 Å². The highest BCUT2D eigenvalue weighted by molar-refractivity contribution is 5.75. The highest BCUT2D eigenvalue weighted by Crippen LogP contribution is 2.27. The topological polar surface area (TPSA) is 91.2 Å². The second kappa shape index (κ2) is 17.5. The minimum absolute atomic E-state index is 0.0310. The van der Waals surface area contributed by atoms with Crippen LogP contribution >= 0.6 is 0 Å². The van der Waals surface area contributed by atoms with E-state index in [0.717, 1.165) is 48.7 Å². The van der Waals surface area contributed by atoms with E-state index in [1.54, 1.807) is 11.0 Å². The Bertz CT molecular complexity index is 1930. The summed E-state index contributed by atoms with van der Waals surface area (Å²) >= 11 is 0. The Morgan fingerprint density at radius 2 is 1.35 bits per heavy atom. The number of aryl methyl sites for hydroxylation is 1. The van der Waals surface area contributed by atoms with E-state index in [1.807, 2.05) is 4.90 Å². The van der Waals surface area contributed by atoms with Gasteiger partial charge in [-0.05, 0) is 58.0 Å². The third-order valence-corrected chi connectivity index (χ3v) is 9.44. The summed E-state index contributed by atoms with van der Waals surface area (Å²) in [4.78, 5) is 21.5. The van der Waals surface area contributed by atoms with Gasteiger partial charge in [0.25, 0.3) is 0 Å². The quantitative estimate of drug-likeness (QED) is 0.239. The van der Waals surface area contributed by atoms with E-state index in [4.69, 9.17) is 18.9 Å². The number of benzene rings is 4. The fourth-order valence-electron chi connectivity index (χ4n) is 6.90. The van der Waals surface area contributed by atoms with Gasteiger partial charge in [0.05, 0.1) is 26.4 Å². The van der Waals surface area contributed by atoms with Crippen molar-refractivity contribution in [3.05, 3.63) is 142 Å². The molecule has 52 heavy (non-hydrogen) atoms. The van der Waals surface area contributed by atoms with Crippen molar-refractivity contribution in [2.24, 2.45) is 0 Å². The van der Waals surface area contributed by atoms with Gasteiger partial charge >= 0.3 is 0 Å². The smallest absolute Gasteiger partial charge is 0.244 e. The number of nitrogens with zero attached hydrogens (tertiary/aromatic N) is 5. The standard InChI is InChI=1S/C42H47N5O5/c1-32-8-10-40-38(20-32)23-33-4-2-6-35(21-33)26-45(12-14-49-16-18-51-40)27-37-9-11-41-39(25-37)24-34-5-3-7-36(22-34)28-46(13-15-50-17-19-52-41)42(48)29-47-31-43-30-44-47/h2-11,20-22,25,30-31H,12-19,23-24,26-29H2,1H3. The third kappa shape index (κ3) is 9.85. The molecule has 1 aromatic heterocycles. The molecule has 0 unspecified atom stereocenters. The lowest BCUT2D eigenvalue weighted by molar-refractivity contribution is -0.133. The number of ether oxygens (including phenoxy) is 4. The molecule has 2 aliphatic rings. The van der Waals surface area contributed by atoms with Gasteiger partial charge < -0.3 is 23.8 Å². The van der Waals surface area contributed by atoms with Gasteiger partial charge in [-0.2, -0.15) is 5.10 Å². The first kappa shape index (κ1) is 35.4. The predicted octanol–water partition coefficient (Wildman–Crippen LogP) is 5.62. The van der Waals surface area contributed by atoms with E-state index in [9.17, 15) is 4.79 Å². The monoisotopic (exact) mass is 701 g/mol. The lowest BCUT2D eigenvalue weighted by Gasteiger charge is -2.25. The van der Waals surface area contributed by atoms with Crippen LogP contribution in [0.1, 0.15) is 44.5 Å². The van der Waals surface area contributed by atoms with Gasteiger partial charge in [0, 0.05) is 45.6 Å². The molecular weight excluding hydrogens is 654 g/mol. The number of fused-ring (bicyclic) bond motifs is 6. The maximum atomic E-state index is 13.2. The zero-order chi connectivity index (χ0) is 35.5. The molecule has 0 saturated heterocycles. The number of carbonyl (C=O) groups excluding carboxylic acids is 1. The lowest BCUT2D eigenvalue weighted by Crippen LogP contribution is -2.36. The second-order valence-electron chi connectivity index (χ2n) is 13.6. The molecule has 0 radical (unpaired) electrons. The Labute approximate surface area is 305 Å². The molecule has 4 bridgehead atoms. The molecule has 7 rings (SSSR count). The van der Waals surface area contributed by atoms with Gasteiger partial charge in [-0.25, -0.2) is 9.67 Å². The number of aromatic nitrogens is 3. The molecule has 4 aromatic carbocycles. The molecule has 1 amide bonds. The predicted molar refractivity (Wildman–Crippen MR) is 198 cm³/mol. The fourth-order valence-corrected chi connectivity index (χ4v) is 6.90. The van der Waals surface area contributed by atoms with Crippen molar-refractivity contribution in [1.29, 1.82) is 0 Å². The third-order valence-electron chi connectivity index (χ3n) is 9.44. The largest absolute Gasteiger partial charge is 0.491 e. The summed E-state index contributed by atoms with van der Waals surface area (Å²) in [5.41, 5.74) is 9.55. The van der Waals surface area contributed by atoms with Crippen LogP contribution in [0.2, 0.25) is 0 Å². The maximum absolute atomic E-state index is 13.2. The van der Waals surface area contributed by atoms with Crippen molar-refractivity contribution in [2.75, 3.05) is 52.7 Å². The number of carbonyl (C=O) groups is 1. The SMILES string of the molecule is Cc1ccc2c(c1)Cc1cccc(c1)CN(Cc1ccc3c(c1)Cc1cccc(c1)CN(C(=O)Cn1cncn1)CCOCCO3)CCOCCO2. The van der Waals surface area contributed by atoms with Crippen LogP contribution in [0.25, 0.3) is 0 Å². The first-order valence-corrected chi connectivity index (χ1v) is 18.1. The van der Waals surface area contributed by atoms with E-state index >= 15 is 0 Å². The number of rotatable bonds is 4. The summed E-state index contributed by atoms with van der Waals surface area (Å²) in [6.45, 7) is 8.55. The van der Waals surface area contributed by atoms with Crippen molar-refractivity contribution < 1.29 is 23.7 Å². The van der Waals surface area contributed by atoms with Gasteiger partial charge in [-0.3, -0.25) is 9.69 Å². The molecule has 2 aliphatic heterocycles. The van der Waals surface area contributed by atoms with Crippen LogP contribution in [-0.2, 0) is 53.3 Å². The van der Waals surface area contributed by atoms with Gasteiger partial charge in [0.2, 0.25) is 5.91 Å². The van der Waals surface area contributed by atoms with Crippen molar-refractivity contribution in [2.45, 2.75) is 45.9 Å². The Balaban J connectivity index is 1.09. The van der Waals surface area contributed by atoms with E-state index in [1.165, 1.54) is 39.7 Å². The number of hydrogen-bond donors (Lipinski definition) is 0. The molecule has 0 fully saturated rings. The van der Waals surface area contributed by atoms with Crippen molar-refractivity contribution in [3.63, 3.8) is 0 Å². The summed E-state index contributed by atoms with van der Waals surface area (Å²) in [6, 6.07) is 30.3. The van der Waals surface area contributed by atoms with Gasteiger partial charge in [-0.1, -0.05) is 78.4 Å². The molecule has 0 saturated carbocycles. The number of amides is 1. The first-order valence-electron chi connectivity index (χ1n) is 18.1. The summed E-state index contributed by atoms with van der Waals surface area (Å²) in [7, 11) is 0. The van der Waals surface area contributed by atoms with Crippen LogP contribution in [0.5, 0.6) is 11.5 Å². The first-order chi connectivity index (χ1) is 25.5. The van der Waals surface area contributed by atoms with E-state index in [0.29, 0.717) is 59.2 Å². The van der Waals surface area contributed by atoms with Crippen LogP contribution in [-0.4, -0.2) is 83.2 Å². The van der Waals surface area contributed by atoms with Crippen LogP contribution in [0.15, 0.2) is 97.6 Å². The molecule has 0 aliphatic carbocycles. The Hall–Kier alpha value is -5.03. The van der Waals surface area contributed by atoms with Gasteiger partial charge in [-0.15, -0.1) is 0 Å². The van der Waals surface area contributed by atoms with Crippen molar-refractivity contribution >= 4 is 5.91 Å². The molecule has 5 aromatic rings. The molecule has 10 nitrogen and oxygen atoms in total. The number of hydrogen-bond acceptors (Lipinski definition) is 8. The molecule has 0 atom stereocenters. The van der Waals surface area contributed by atoms with E-state index < -0.39 is 0 Å². The molecule has 10 heteroatoms. The molecule has 3 heterocycles. The average molecular weight is 702 g/mol. The van der Waals surface area contributed by atoms with Crippen LogP contribution in [0.4, 0.5) is 0 Å². The Morgan fingerprint density at radius 1 is 0.692 bits per heavy atom. The Kier molecular flexibility index (Phi) is 11.9. The van der Waals surface area contributed by atoms with Gasteiger partial charge in [0.15, 0.2) is 0 Å².